The number of hydrogen-bond acceptors (Lipinski definition) is 7. The predicted octanol–water partition coefficient (Wildman–Crippen LogP) is 6.63. The SMILES string of the molecule is Cc1nc2nc([C@H]3CCO[C@@H](c4ccc(OCc5ccccc5)nc4)C3)nc(C34CC(C(F)(F)F)(C3)C4)c2nc1C. The van der Waals surface area contributed by atoms with E-state index in [1.807, 2.05) is 56.3 Å². The van der Waals surface area contributed by atoms with Crippen molar-refractivity contribution in [3.8, 4) is 5.88 Å². The molecule has 0 unspecified atom stereocenters. The van der Waals surface area contributed by atoms with E-state index in [-0.39, 0.29) is 31.3 Å². The van der Waals surface area contributed by atoms with Crippen LogP contribution in [0.5, 0.6) is 5.88 Å². The normalized spacial score (nSPS) is 27.2. The fraction of sp³-hybridized carbons (Fsp3) is 0.452. The molecule has 8 rings (SSSR count). The second-order valence-electron chi connectivity index (χ2n) is 11.9. The third kappa shape index (κ3) is 4.43. The highest BCUT2D eigenvalue weighted by Crippen LogP contribution is 2.78. The van der Waals surface area contributed by atoms with Gasteiger partial charge in [0.25, 0.3) is 0 Å². The molecule has 0 radical (unpaired) electrons. The molecule has 41 heavy (non-hydrogen) atoms. The predicted molar refractivity (Wildman–Crippen MR) is 144 cm³/mol. The molecule has 10 heteroatoms. The lowest BCUT2D eigenvalue weighted by Crippen LogP contribution is -2.70. The molecule has 3 aromatic heterocycles. The topological polar surface area (TPSA) is 82.9 Å². The summed E-state index contributed by atoms with van der Waals surface area (Å²) in [7, 11) is 0. The maximum absolute atomic E-state index is 13.7. The first-order chi connectivity index (χ1) is 19.6. The van der Waals surface area contributed by atoms with Crippen LogP contribution >= 0.6 is 0 Å². The minimum atomic E-state index is -4.19. The van der Waals surface area contributed by atoms with E-state index in [0.717, 1.165) is 22.5 Å². The van der Waals surface area contributed by atoms with Gasteiger partial charge >= 0.3 is 6.18 Å². The summed E-state index contributed by atoms with van der Waals surface area (Å²) in [6, 6.07) is 13.7. The Balaban J connectivity index is 1.13. The van der Waals surface area contributed by atoms with E-state index >= 15 is 0 Å². The van der Waals surface area contributed by atoms with Gasteiger partial charge in [0.1, 0.15) is 17.9 Å². The molecular weight excluding hydrogens is 531 g/mol. The van der Waals surface area contributed by atoms with Crippen LogP contribution in [0.3, 0.4) is 0 Å². The Labute approximate surface area is 235 Å². The monoisotopic (exact) mass is 561 g/mol. The second kappa shape index (κ2) is 9.44. The van der Waals surface area contributed by atoms with Crippen LogP contribution in [0.4, 0.5) is 13.2 Å². The first-order valence-corrected chi connectivity index (χ1v) is 14.0. The van der Waals surface area contributed by atoms with Crippen LogP contribution in [0.25, 0.3) is 11.2 Å². The molecule has 1 saturated heterocycles. The van der Waals surface area contributed by atoms with Gasteiger partial charge in [0.05, 0.1) is 28.6 Å². The molecule has 7 nitrogen and oxygen atoms in total. The van der Waals surface area contributed by atoms with Crippen LogP contribution in [0, 0.1) is 19.3 Å². The average molecular weight is 562 g/mol. The first-order valence-electron chi connectivity index (χ1n) is 14.0. The summed E-state index contributed by atoms with van der Waals surface area (Å²) < 4.78 is 52.9. The molecule has 0 N–H and O–H groups in total. The molecule has 3 aliphatic carbocycles. The van der Waals surface area contributed by atoms with Gasteiger partial charge in [-0.05, 0) is 63.1 Å². The highest BCUT2D eigenvalue weighted by atomic mass is 19.4. The number of aryl methyl sites for hydroxylation is 2. The molecule has 4 aliphatic rings. The van der Waals surface area contributed by atoms with Crippen molar-refractivity contribution in [1.82, 2.24) is 24.9 Å². The van der Waals surface area contributed by atoms with Crippen molar-refractivity contribution in [3.05, 3.63) is 82.7 Å². The number of hydrogen-bond donors (Lipinski definition) is 0. The number of rotatable bonds is 6. The number of aromatic nitrogens is 5. The Kier molecular flexibility index (Phi) is 6.04. The number of ether oxygens (including phenoxy) is 2. The Morgan fingerprint density at radius 3 is 2.41 bits per heavy atom. The number of fused-ring (bicyclic) bond motifs is 1. The number of nitrogens with zero attached hydrogens (tertiary/aromatic N) is 5. The Morgan fingerprint density at radius 1 is 0.951 bits per heavy atom. The van der Waals surface area contributed by atoms with E-state index in [0.29, 0.717) is 54.6 Å². The van der Waals surface area contributed by atoms with Gasteiger partial charge in [-0.2, -0.15) is 13.2 Å². The van der Waals surface area contributed by atoms with Crippen LogP contribution in [-0.2, 0) is 16.8 Å². The van der Waals surface area contributed by atoms with Gasteiger partial charge in [-0.25, -0.2) is 24.9 Å². The van der Waals surface area contributed by atoms with Crippen molar-refractivity contribution >= 4 is 11.2 Å². The zero-order valence-electron chi connectivity index (χ0n) is 22.9. The van der Waals surface area contributed by atoms with Gasteiger partial charge in [-0.3, -0.25) is 0 Å². The summed E-state index contributed by atoms with van der Waals surface area (Å²) in [6.45, 7) is 4.67. The highest BCUT2D eigenvalue weighted by Gasteiger charge is 2.79. The lowest BCUT2D eigenvalue weighted by molar-refractivity contribution is -0.337. The van der Waals surface area contributed by atoms with E-state index < -0.39 is 17.0 Å². The second-order valence-corrected chi connectivity index (χ2v) is 11.9. The summed E-state index contributed by atoms with van der Waals surface area (Å²) in [5.74, 6) is 1.12. The molecular formula is C31H30F3N5O2. The number of pyridine rings is 1. The van der Waals surface area contributed by atoms with Gasteiger partial charge in [-0.1, -0.05) is 30.3 Å². The van der Waals surface area contributed by atoms with E-state index in [9.17, 15) is 13.2 Å². The Hall–Kier alpha value is -3.66. The van der Waals surface area contributed by atoms with Crippen LogP contribution in [0.15, 0.2) is 48.7 Å². The van der Waals surface area contributed by atoms with E-state index in [2.05, 4.69) is 9.97 Å². The zero-order chi connectivity index (χ0) is 28.4. The van der Waals surface area contributed by atoms with Crippen molar-refractivity contribution in [3.63, 3.8) is 0 Å². The van der Waals surface area contributed by atoms with Crippen molar-refractivity contribution in [2.24, 2.45) is 5.41 Å². The summed E-state index contributed by atoms with van der Waals surface area (Å²) in [5.41, 5.74) is 2.93. The van der Waals surface area contributed by atoms with E-state index in [4.69, 9.17) is 24.4 Å². The van der Waals surface area contributed by atoms with Crippen LogP contribution in [0.2, 0.25) is 0 Å². The summed E-state index contributed by atoms with van der Waals surface area (Å²) in [6.07, 6.45) is -1.10. The fourth-order valence-corrected chi connectivity index (χ4v) is 6.68. The number of benzene rings is 1. The van der Waals surface area contributed by atoms with E-state index in [1.165, 1.54) is 0 Å². The molecule has 1 aliphatic heterocycles. The third-order valence-corrected chi connectivity index (χ3v) is 9.10. The van der Waals surface area contributed by atoms with Crippen LogP contribution < -0.4 is 4.74 Å². The summed E-state index contributed by atoms with van der Waals surface area (Å²) in [5, 5.41) is 0. The van der Waals surface area contributed by atoms with Crippen molar-refractivity contribution in [1.29, 1.82) is 0 Å². The van der Waals surface area contributed by atoms with Gasteiger partial charge in [0.15, 0.2) is 5.65 Å². The van der Waals surface area contributed by atoms with Crippen LogP contribution in [0.1, 0.15) is 78.2 Å². The van der Waals surface area contributed by atoms with Crippen molar-refractivity contribution in [2.45, 2.75) is 76.2 Å². The van der Waals surface area contributed by atoms with Gasteiger partial charge in [0.2, 0.25) is 5.88 Å². The molecule has 4 heterocycles. The third-order valence-electron chi connectivity index (χ3n) is 9.10. The Bertz CT molecular complexity index is 1590. The average Bonchev–Trinajstić information content (AvgIpc) is 2.91. The molecule has 3 saturated carbocycles. The highest BCUT2D eigenvalue weighted by molar-refractivity contribution is 5.75. The minimum Gasteiger partial charge on any atom is -0.473 e. The summed E-state index contributed by atoms with van der Waals surface area (Å²) >= 11 is 0. The summed E-state index contributed by atoms with van der Waals surface area (Å²) in [4.78, 5) is 23.6. The lowest BCUT2D eigenvalue weighted by atomic mass is 9.34. The quantitative estimate of drug-likeness (QED) is 0.261. The molecule has 4 aromatic rings. The minimum absolute atomic E-state index is 0.0294. The molecule has 4 fully saturated rings. The number of halogens is 3. The first kappa shape index (κ1) is 26.3. The lowest BCUT2D eigenvalue weighted by Gasteiger charge is -2.70. The largest absolute Gasteiger partial charge is 0.473 e. The molecule has 0 spiro atoms. The Morgan fingerprint density at radius 2 is 1.71 bits per heavy atom. The molecule has 0 amide bonds. The van der Waals surface area contributed by atoms with Gasteiger partial charge in [0, 0.05) is 30.2 Å². The zero-order valence-corrected chi connectivity index (χ0v) is 22.9. The van der Waals surface area contributed by atoms with Gasteiger partial charge in [-0.15, -0.1) is 0 Å². The number of alkyl halides is 3. The van der Waals surface area contributed by atoms with Crippen LogP contribution in [-0.4, -0.2) is 37.7 Å². The molecule has 2 atom stereocenters. The maximum Gasteiger partial charge on any atom is 0.394 e. The molecule has 1 aromatic carbocycles. The standard InChI is InChI=1S/C31H30F3N5O2/c1-18-19(2)37-28-25(36-18)26(29-15-30(16-29,17-29)31(32,33)34)38-27(39-28)21-10-11-40-23(12-21)22-8-9-24(35-13-22)41-14-20-6-4-3-5-7-20/h3-9,13,21,23H,10-12,14-17H2,1-2H3/t21-,23+,29?,30?/m0/s1. The maximum atomic E-state index is 13.7. The fourth-order valence-electron chi connectivity index (χ4n) is 6.68. The van der Waals surface area contributed by atoms with Crippen molar-refractivity contribution < 1.29 is 22.6 Å². The smallest absolute Gasteiger partial charge is 0.394 e. The van der Waals surface area contributed by atoms with Crippen molar-refractivity contribution in [2.75, 3.05) is 6.61 Å². The van der Waals surface area contributed by atoms with E-state index in [1.54, 1.807) is 6.20 Å². The van der Waals surface area contributed by atoms with Gasteiger partial charge < -0.3 is 9.47 Å². The molecule has 2 bridgehead atoms. The molecule has 212 valence electrons.